The summed E-state index contributed by atoms with van der Waals surface area (Å²) in [7, 11) is 4.48. The molecule has 2 aromatic rings. The molecule has 1 amide bonds. The van der Waals surface area contributed by atoms with Gasteiger partial charge in [-0.2, -0.15) is 0 Å². The summed E-state index contributed by atoms with van der Waals surface area (Å²) in [6.07, 6.45) is 0. The number of nitrogens with zero attached hydrogens (tertiary/aromatic N) is 1. The zero-order valence-corrected chi connectivity index (χ0v) is 18.6. The summed E-state index contributed by atoms with van der Waals surface area (Å²) in [5, 5.41) is 11.3. The summed E-state index contributed by atoms with van der Waals surface area (Å²) < 4.78 is 27.2. The van der Waals surface area contributed by atoms with Crippen molar-refractivity contribution >= 4 is 17.4 Å². The lowest BCUT2D eigenvalue weighted by Gasteiger charge is -2.27. The van der Waals surface area contributed by atoms with E-state index in [2.05, 4.69) is 0 Å². The number of hydrogen-bond donors (Lipinski definition) is 1. The van der Waals surface area contributed by atoms with Crippen molar-refractivity contribution in [2.24, 2.45) is 0 Å². The maximum atomic E-state index is 13.1. The van der Waals surface area contributed by atoms with E-state index < -0.39 is 17.7 Å². The third kappa shape index (κ3) is 3.95. The van der Waals surface area contributed by atoms with Crippen LogP contribution in [0.1, 0.15) is 17.2 Å². The van der Waals surface area contributed by atoms with Gasteiger partial charge in [0.15, 0.2) is 23.0 Å². The fourth-order valence-electron chi connectivity index (χ4n) is 4.10. The monoisotopic (exact) mass is 455 g/mol. The van der Waals surface area contributed by atoms with Crippen LogP contribution in [0.3, 0.4) is 0 Å². The Balaban J connectivity index is 1.90. The van der Waals surface area contributed by atoms with Crippen LogP contribution in [0.2, 0.25) is 0 Å². The first-order valence-electron chi connectivity index (χ1n) is 10.4. The third-order valence-electron chi connectivity index (χ3n) is 5.62. The fourth-order valence-corrected chi connectivity index (χ4v) is 4.10. The Bertz CT molecular complexity index is 1110. The lowest BCUT2D eigenvalue weighted by atomic mass is 9.94. The number of aliphatic hydroxyl groups excluding tert-OH is 1. The first-order valence-corrected chi connectivity index (χ1v) is 10.4. The normalized spacial score (nSPS) is 19.0. The maximum Gasteiger partial charge on any atom is 0.295 e. The zero-order chi connectivity index (χ0) is 23.5. The number of carbonyl (C=O) groups is 2. The van der Waals surface area contributed by atoms with Gasteiger partial charge in [-0.15, -0.1) is 0 Å². The molecule has 0 bridgehead atoms. The standard InChI is InChI=1S/C24H25NO8/c1-29-10-9-25-20(15-5-4-6-17(30-2)23(15)31-3)19(22(27)24(25)28)21(26)14-7-8-16-18(13-14)33-12-11-32-16/h4-8,13,20,26H,9-12H2,1-3H3/b21-19-. The van der Waals surface area contributed by atoms with Crippen LogP contribution in [0.5, 0.6) is 23.0 Å². The molecule has 0 saturated carbocycles. The van der Waals surface area contributed by atoms with E-state index in [4.69, 9.17) is 23.7 Å². The Morgan fingerprint density at radius 2 is 1.82 bits per heavy atom. The second-order valence-electron chi connectivity index (χ2n) is 7.43. The number of carbonyl (C=O) groups excluding carboxylic acids is 2. The number of ether oxygens (including phenoxy) is 5. The van der Waals surface area contributed by atoms with Crippen LogP contribution in [0.15, 0.2) is 42.0 Å². The van der Waals surface area contributed by atoms with Gasteiger partial charge in [0.1, 0.15) is 19.0 Å². The van der Waals surface area contributed by atoms with Gasteiger partial charge in [0, 0.05) is 24.8 Å². The van der Waals surface area contributed by atoms with E-state index in [1.54, 1.807) is 36.4 Å². The predicted octanol–water partition coefficient (Wildman–Crippen LogP) is 2.54. The van der Waals surface area contributed by atoms with Crippen LogP contribution in [-0.4, -0.2) is 69.4 Å². The Morgan fingerprint density at radius 3 is 2.52 bits per heavy atom. The van der Waals surface area contributed by atoms with Gasteiger partial charge in [-0.1, -0.05) is 12.1 Å². The predicted molar refractivity (Wildman–Crippen MR) is 118 cm³/mol. The molecule has 1 unspecified atom stereocenters. The number of ketones is 1. The highest BCUT2D eigenvalue weighted by Crippen LogP contribution is 2.46. The van der Waals surface area contributed by atoms with Gasteiger partial charge in [-0.3, -0.25) is 9.59 Å². The summed E-state index contributed by atoms with van der Waals surface area (Å²) in [4.78, 5) is 27.5. The number of fused-ring (bicyclic) bond motifs is 1. The molecule has 0 spiro atoms. The molecule has 0 aromatic heterocycles. The topological polar surface area (TPSA) is 104 Å². The van der Waals surface area contributed by atoms with Crippen molar-refractivity contribution in [3.63, 3.8) is 0 Å². The Hall–Kier alpha value is -3.72. The minimum absolute atomic E-state index is 0.0562. The number of methoxy groups -OCH3 is 3. The quantitative estimate of drug-likeness (QED) is 0.386. The third-order valence-corrected chi connectivity index (χ3v) is 5.62. The van der Waals surface area contributed by atoms with Crippen molar-refractivity contribution in [2.45, 2.75) is 6.04 Å². The number of para-hydroxylation sites is 1. The molecule has 2 heterocycles. The Kier molecular flexibility index (Phi) is 6.41. The van der Waals surface area contributed by atoms with Crippen LogP contribution in [-0.2, 0) is 14.3 Å². The zero-order valence-electron chi connectivity index (χ0n) is 18.6. The second kappa shape index (κ2) is 9.41. The summed E-state index contributed by atoms with van der Waals surface area (Å²) in [6.45, 7) is 1.15. The summed E-state index contributed by atoms with van der Waals surface area (Å²) in [5.41, 5.74) is 0.779. The molecule has 1 N–H and O–H groups in total. The van der Waals surface area contributed by atoms with E-state index in [0.29, 0.717) is 47.3 Å². The molecule has 0 radical (unpaired) electrons. The number of rotatable bonds is 7. The number of amides is 1. The highest BCUT2D eigenvalue weighted by atomic mass is 16.6. The average Bonchev–Trinajstić information content (AvgIpc) is 3.10. The minimum Gasteiger partial charge on any atom is -0.507 e. The average molecular weight is 455 g/mol. The van der Waals surface area contributed by atoms with Gasteiger partial charge < -0.3 is 33.7 Å². The molecule has 9 heteroatoms. The van der Waals surface area contributed by atoms with Crippen molar-refractivity contribution in [1.82, 2.24) is 4.90 Å². The lowest BCUT2D eigenvalue weighted by molar-refractivity contribution is -0.140. The highest BCUT2D eigenvalue weighted by molar-refractivity contribution is 6.46. The van der Waals surface area contributed by atoms with Crippen molar-refractivity contribution in [3.8, 4) is 23.0 Å². The van der Waals surface area contributed by atoms with Crippen LogP contribution >= 0.6 is 0 Å². The molecular formula is C24H25NO8. The maximum absolute atomic E-state index is 13.1. The molecule has 0 aliphatic carbocycles. The molecule has 1 saturated heterocycles. The lowest BCUT2D eigenvalue weighted by Crippen LogP contribution is -2.32. The van der Waals surface area contributed by atoms with E-state index in [1.165, 1.54) is 26.2 Å². The highest BCUT2D eigenvalue weighted by Gasteiger charge is 2.47. The molecule has 2 aromatic carbocycles. The van der Waals surface area contributed by atoms with Crippen LogP contribution in [0.4, 0.5) is 0 Å². The molecule has 1 atom stereocenters. The van der Waals surface area contributed by atoms with Gasteiger partial charge in [-0.25, -0.2) is 0 Å². The molecule has 1 fully saturated rings. The Morgan fingerprint density at radius 1 is 1.06 bits per heavy atom. The van der Waals surface area contributed by atoms with Crippen LogP contribution in [0.25, 0.3) is 5.76 Å². The van der Waals surface area contributed by atoms with Gasteiger partial charge in [-0.05, 0) is 24.3 Å². The number of aliphatic hydroxyl groups is 1. The number of benzene rings is 2. The molecule has 2 aliphatic heterocycles. The number of likely N-dealkylation sites (tertiary alicyclic amines) is 1. The van der Waals surface area contributed by atoms with Crippen molar-refractivity contribution in [1.29, 1.82) is 0 Å². The first-order chi connectivity index (χ1) is 16.0. The fraction of sp³-hybridized carbons (Fsp3) is 0.333. The molecule has 174 valence electrons. The largest absolute Gasteiger partial charge is 0.507 e. The van der Waals surface area contributed by atoms with Crippen LogP contribution < -0.4 is 18.9 Å². The van der Waals surface area contributed by atoms with Crippen molar-refractivity contribution < 1.29 is 38.4 Å². The smallest absolute Gasteiger partial charge is 0.295 e. The van der Waals surface area contributed by atoms with Gasteiger partial charge in [0.25, 0.3) is 11.7 Å². The number of Topliss-reactive ketones (excluding diaryl/α,β-unsaturated/α-hetero) is 1. The molecule has 9 nitrogen and oxygen atoms in total. The molecular weight excluding hydrogens is 430 g/mol. The SMILES string of the molecule is COCCN1C(=O)C(=O)/C(=C(\O)c2ccc3c(c2)OCCO3)C1c1cccc(OC)c1OC. The van der Waals surface area contributed by atoms with E-state index in [1.807, 2.05) is 0 Å². The van der Waals surface area contributed by atoms with Gasteiger partial charge in [0.2, 0.25) is 0 Å². The van der Waals surface area contributed by atoms with E-state index >= 15 is 0 Å². The van der Waals surface area contributed by atoms with Gasteiger partial charge >= 0.3 is 0 Å². The molecule has 2 aliphatic rings. The number of hydrogen-bond acceptors (Lipinski definition) is 8. The van der Waals surface area contributed by atoms with Crippen molar-refractivity contribution in [3.05, 3.63) is 53.1 Å². The van der Waals surface area contributed by atoms with E-state index in [-0.39, 0.29) is 24.5 Å². The molecule has 4 rings (SSSR count). The summed E-state index contributed by atoms with van der Waals surface area (Å²) in [5.74, 6) is -0.0534. The minimum atomic E-state index is -0.904. The first kappa shape index (κ1) is 22.5. The Labute approximate surface area is 191 Å². The summed E-state index contributed by atoms with van der Waals surface area (Å²) in [6, 6.07) is 9.14. The van der Waals surface area contributed by atoms with Crippen LogP contribution in [0, 0.1) is 0 Å². The van der Waals surface area contributed by atoms with Crippen molar-refractivity contribution in [2.75, 3.05) is 47.7 Å². The van der Waals surface area contributed by atoms with Gasteiger partial charge in [0.05, 0.1) is 32.4 Å². The molecule has 33 heavy (non-hydrogen) atoms. The second-order valence-corrected chi connectivity index (χ2v) is 7.43. The van der Waals surface area contributed by atoms with E-state index in [0.717, 1.165) is 0 Å². The van der Waals surface area contributed by atoms with E-state index in [9.17, 15) is 14.7 Å². The summed E-state index contributed by atoms with van der Waals surface area (Å²) >= 11 is 0.